The second-order valence-electron chi connectivity index (χ2n) is 1.53. The van der Waals surface area contributed by atoms with Crippen molar-refractivity contribution in [1.82, 2.24) is 0 Å². The molecule has 0 amide bonds. The Hall–Kier alpha value is -1.73. The Kier molecular flexibility index (Phi) is 82.5. The standard InChI is InChI=1S/C7H8N2O.3CO.Fe/c1-2-3-4-5-7(10)6-9-8;3*1-2;/h2-6H,1H3;;;;/b3-2+,5-4+;;;;. The van der Waals surface area contributed by atoms with E-state index in [0.29, 0.717) is 0 Å². The molecule has 0 spiro atoms. The van der Waals surface area contributed by atoms with E-state index in [0.717, 1.165) is 6.21 Å². The molecule has 0 saturated carbocycles. The molecule has 0 atom stereocenters. The fourth-order valence-corrected chi connectivity index (χ4v) is 0.361. The summed E-state index contributed by atoms with van der Waals surface area (Å²) < 4.78 is 22.5. The topological polar surface area (TPSA) is 113 Å². The molecule has 6 nitrogen and oxygen atoms in total. The van der Waals surface area contributed by atoms with Crippen molar-refractivity contribution in [1.29, 1.82) is 0 Å². The van der Waals surface area contributed by atoms with Crippen LogP contribution in [-0.2, 0) is 35.8 Å². The molecule has 90 valence electrons. The second-order valence-corrected chi connectivity index (χ2v) is 1.53. The minimum Gasteiger partial charge on any atom is 0 e. The average Bonchev–Trinajstić information content (AvgIpc) is 2.37. The van der Waals surface area contributed by atoms with E-state index in [2.05, 4.69) is 24.7 Å². The Morgan fingerprint density at radius 1 is 1.12 bits per heavy atom. The number of hydrogen-bond acceptors (Lipinski definition) is 1. The van der Waals surface area contributed by atoms with Gasteiger partial charge in [-0.2, -0.15) is 4.79 Å². The molecule has 0 N–H and O–H groups in total. The van der Waals surface area contributed by atoms with Crippen LogP contribution in [0.15, 0.2) is 24.3 Å². The summed E-state index contributed by atoms with van der Waals surface area (Å²) in [7, 11) is 0. The van der Waals surface area contributed by atoms with Gasteiger partial charge in [0, 0.05) is 17.1 Å². The first kappa shape index (κ1) is 29.5. The van der Waals surface area contributed by atoms with Crippen LogP contribution >= 0.6 is 0 Å². The summed E-state index contributed by atoms with van der Waals surface area (Å²) in [6.07, 6.45) is 7.21. The maximum Gasteiger partial charge on any atom is 0 e. The van der Waals surface area contributed by atoms with Gasteiger partial charge in [0.1, 0.15) is 0 Å². The third-order valence-electron chi connectivity index (χ3n) is 0.749. The molecule has 0 aliphatic carbocycles. The van der Waals surface area contributed by atoms with E-state index in [1.165, 1.54) is 6.08 Å². The molecule has 0 saturated heterocycles. The molecule has 0 aromatic rings. The quantitative estimate of drug-likeness (QED) is 0.109. The van der Waals surface area contributed by atoms with Gasteiger partial charge in [0.15, 0.2) is 0 Å². The molecule has 0 aromatic heterocycles. The summed E-state index contributed by atoms with van der Waals surface area (Å²) in [4.78, 5) is 13.1. The van der Waals surface area contributed by atoms with Gasteiger partial charge >= 0.3 is 40.1 Å². The number of ketones is 1. The van der Waals surface area contributed by atoms with Crippen LogP contribution in [-0.4, -0.2) is 16.8 Å². The predicted octanol–water partition coefficient (Wildman–Crippen LogP) is 0.873. The number of nitrogens with zero attached hydrogens (tertiary/aromatic N) is 2. The summed E-state index contributed by atoms with van der Waals surface area (Å²) in [5, 5.41) is 0. The van der Waals surface area contributed by atoms with Crippen LogP contribution in [0.1, 0.15) is 6.92 Å². The molecule has 0 rings (SSSR count). The van der Waals surface area contributed by atoms with Gasteiger partial charge in [-0.05, 0) is 13.0 Å². The Labute approximate surface area is 110 Å². The molecule has 0 fully saturated rings. The van der Waals surface area contributed by atoms with Gasteiger partial charge < -0.3 is 5.53 Å². The van der Waals surface area contributed by atoms with Gasteiger partial charge in [-0.3, -0.25) is 4.79 Å². The van der Waals surface area contributed by atoms with Crippen molar-refractivity contribution in [3.63, 3.8) is 0 Å². The van der Waals surface area contributed by atoms with Crippen molar-refractivity contribution in [2.75, 3.05) is 0 Å². The van der Waals surface area contributed by atoms with Crippen molar-refractivity contribution < 1.29 is 40.6 Å². The SMILES string of the molecule is C/C=C/C=C/C(=O)C=[N+]=[N-].[C-]#[O+].[C-]#[O+].[C-]#[O+].[Fe]. The smallest absolute Gasteiger partial charge is 0 e. The largest absolute Gasteiger partial charge is 0 e. The van der Waals surface area contributed by atoms with Gasteiger partial charge in [0.2, 0.25) is 0 Å². The molecule has 17 heavy (non-hydrogen) atoms. The molecular weight excluding hydrogens is 268 g/mol. The number of carbonyl (C=O) groups excluding carboxylic acids is 1. The molecule has 0 unspecified atom stereocenters. The first-order valence-corrected chi connectivity index (χ1v) is 3.43. The molecule has 0 aliphatic rings. The normalized spacial score (nSPS) is 6.29. The zero-order chi connectivity index (χ0) is 13.8. The molecule has 7 heteroatoms. The first-order valence-electron chi connectivity index (χ1n) is 3.43. The van der Waals surface area contributed by atoms with E-state index in [-0.39, 0.29) is 22.9 Å². The maximum absolute atomic E-state index is 10.5. The monoisotopic (exact) mass is 276 g/mol. The van der Waals surface area contributed by atoms with Crippen molar-refractivity contribution >= 4 is 12.0 Å². The molecular formula is C10H8FeN2O4. The number of rotatable bonds is 3. The van der Waals surface area contributed by atoms with E-state index >= 15 is 0 Å². The van der Waals surface area contributed by atoms with E-state index in [4.69, 9.17) is 19.5 Å². The van der Waals surface area contributed by atoms with Gasteiger partial charge in [-0.25, -0.2) is 0 Å². The zero-order valence-electron chi connectivity index (χ0n) is 8.77. The summed E-state index contributed by atoms with van der Waals surface area (Å²) in [6, 6.07) is 0. The summed E-state index contributed by atoms with van der Waals surface area (Å²) >= 11 is 0. The molecule has 0 bridgehead atoms. The van der Waals surface area contributed by atoms with E-state index in [9.17, 15) is 4.79 Å². The molecule has 0 heterocycles. The summed E-state index contributed by atoms with van der Waals surface area (Å²) in [5.74, 6) is -0.333. The Morgan fingerprint density at radius 2 is 1.53 bits per heavy atom. The van der Waals surface area contributed by atoms with Crippen LogP contribution in [0.3, 0.4) is 0 Å². The third-order valence-corrected chi connectivity index (χ3v) is 0.749. The fourth-order valence-electron chi connectivity index (χ4n) is 0.361. The predicted molar refractivity (Wildman–Crippen MR) is 50.4 cm³/mol. The number of carbonyl (C=O) groups is 1. The van der Waals surface area contributed by atoms with Crippen LogP contribution in [0.25, 0.3) is 5.53 Å². The Bertz CT molecular complexity index is 309. The van der Waals surface area contributed by atoms with Crippen LogP contribution < -0.4 is 0 Å². The number of allylic oxidation sites excluding steroid dienone is 4. The average molecular weight is 276 g/mol. The van der Waals surface area contributed by atoms with E-state index in [1.54, 1.807) is 18.2 Å². The van der Waals surface area contributed by atoms with Crippen molar-refractivity contribution in [3.05, 3.63) is 49.8 Å². The summed E-state index contributed by atoms with van der Waals surface area (Å²) in [6.45, 7) is 15.3. The fraction of sp³-hybridized carbons (Fsp3) is 0.100. The van der Waals surface area contributed by atoms with Crippen molar-refractivity contribution in [2.24, 2.45) is 0 Å². The van der Waals surface area contributed by atoms with Crippen molar-refractivity contribution in [2.45, 2.75) is 6.92 Å². The molecule has 0 aliphatic heterocycles. The second kappa shape index (κ2) is 47.5. The van der Waals surface area contributed by atoms with Crippen LogP contribution in [0.2, 0.25) is 0 Å². The molecule has 0 aromatic carbocycles. The summed E-state index contributed by atoms with van der Waals surface area (Å²) in [5.41, 5.74) is 7.89. The van der Waals surface area contributed by atoms with Gasteiger partial charge in [0.05, 0.1) is 0 Å². The molecule has 0 radical (unpaired) electrons. The third kappa shape index (κ3) is 54.7. The van der Waals surface area contributed by atoms with E-state index in [1.807, 2.05) is 6.92 Å². The van der Waals surface area contributed by atoms with Gasteiger partial charge in [0.25, 0.3) is 5.78 Å². The number of hydrogen-bond donors (Lipinski definition) is 0. The van der Waals surface area contributed by atoms with Crippen LogP contribution in [0.4, 0.5) is 0 Å². The van der Waals surface area contributed by atoms with Crippen LogP contribution in [0.5, 0.6) is 0 Å². The van der Waals surface area contributed by atoms with E-state index < -0.39 is 0 Å². The minimum absolute atomic E-state index is 0. The van der Waals surface area contributed by atoms with Gasteiger partial charge in [-0.15, -0.1) is 0 Å². The maximum atomic E-state index is 10.5. The zero-order valence-corrected chi connectivity index (χ0v) is 9.87. The Balaban J connectivity index is -0.0000000594. The van der Waals surface area contributed by atoms with Crippen LogP contribution in [0, 0.1) is 20.0 Å². The first-order chi connectivity index (χ1) is 7.81. The minimum atomic E-state index is -0.333. The van der Waals surface area contributed by atoms with Gasteiger partial charge in [-0.1, -0.05) is 18.2 Å². The van der Waals surface area contributed by atoms with Crippen molar-refractivity contribution in [3.8, 4) is 0 Å². The Morgan fingerprint density at radius 3 is 1.82 bits per heavy atom.